The average molecular weight is 1140 g/mol. The Balaban J connectivity index is 0.00000494. The maximum absolute atomic E-state index is 14.0. The summed E-state index contributed by atoms with van der Waals surface area (Å²) in [4.78, 5) is 5.01. The number of rotatable bonds is 12. The van der Waals surface area contributed by atoms with Crippen LogP contribution in [0.5, 0.6) is 0 Å². The predicted octanol–water partition coefficient (Wildman–Crippen LogP) is -0.673. The topological polar surface area (TPSA) is 301 Å². The van der Waals surface area contributed by atoms with Gasteiger partial charge in [0.05, 0.1) is 66.3 Å². The van der Waals surface area contributed by atoms with Gasteiger partial charge in [0.25, 0.3) is 0 Å². The van der Waals surface area contributed by atoms with Crippen molar-refractivity contribution in [2.24, 2.45) is 56.6 Å². The van der Waals surface area contributed by atoms with Gasteiger partial charge in [-0.25, -0.2) is 38.4 Å². The normalized spacial score (nSPS) is 38.0. The molecule has 3 N–H and O–H groups in total. The van der Waals surface area contributed by atoms with Crippen LogP contribution >= 0.6 is 11.8 Å². The first kappa shape index (κ1) is 63.7. The third-order valence-electron chi connectivity index (χ3n) is 16.4. The number of nitrogens with zero attached hydrogens (tertiary/aromatic N) is 7. The second-order valence-electron chi connectivity index (χ2n) is 23.5. The third-order valence-corrected chi connectivity index (χ3v) is 23.5. The summed E-state index contributed by atoms with van der Waals surface area (Å²) in [5.74, 6) is 2.00. The molecule has 0 spiro atoms. The third kappa shape index (κ3) is 14.4. The molecule has 5 fully saturated rings. The van der Waals surface area contributed by atoms with Gasteiger partial charge in [-0.05, 0) is 112 Å². The van der Waals surface area contributed by atoms with Crippen molar-refractivity contribution in [1.82, 2.24) is 29.4 Å². The van der Waals surface area contributed by atoms with E-state index in [1.54, 1.807) is 4.31 Å². The van der Waals surface area contributed by atoms with Crippen molar-refractivity contribution in [2.75, 3.05) is 6.26 Å². The van der Waals surface area contributed by atoms with E-state index >= 15 is 0 Å². The molecular formula is C46H76N10Na2O10S5. The molecule has 14 atom stereocenters. The van der Waals surface area contributed by atoms with Gasteiger partial charge in [-0.3, -0.25) is 15.6 Å². The molecule has 1 aromatic heterocycles. The molecule has 14 unspecified atom stereocenters. The smallest absolute Gasteiger partial charge is 0.748 e. The predicted molar refractivity (Wildman–Crippen MR) is 272 cm³/mol. The van der Waals surface area contributed by atoms with Crippen LogP contribution in [0.3, 0.4) is 0 Å². The van der Waals surface area contributed by atoms with E-state index in [9.17, 15) is 48.0 Å². The number of fused-ring (bicyclic) bond motifs is 1. The zero-order chi connectivity index (χ0) is 52.5. The van der Waals surface area contributed by atoms with E-state index in [-0.39, 0.29) is 126 Å². The summed E-state index contributed by atoms with van der Waals surface area (Å²) < 4.78 is 134. The Bertz CT molecular complexity index is 2680. The quantitative estimate of drug-likeness (QED) is 0.133. The second-order valence-corrected chi connectivity index (χ2v) is 31.9. The number of piperidine rings is 1. The summed E-state index contributed by atoms with van der Waals surface area (Å²) in [5.41, 5.74) is 0.0451. The number of nitriles is 1. The van der Waals surface area contributed by atoms with Gasteiger partial charge in [-0.2, -0.15) is 24.5 Å². The number of sulfonamides is 2. The molecule has 1 aromatic rings. The Hall–Kier alpha value is -0.120. The molecule has 73 heavy (non-hydrogen) atoms. The largest absolute Gasteiger partial charge is 1.00 e. The Kier molecular flexibility index (Phi) is 21.2. The SMILES string of the molecule is CC1CC(C)C(NC2NC(N(C3C(C)CC(C)CC3C)S(C)(=O)=O)CC(C)C2N=Nc2c(C#N)c(C(C)(C)C)nn2C2=NC3CCC(S(=O)(=O)NC4CC(S(=O)(=O)[O-])CCC4S(=O)(=O)[O-])CC3S2)C(C)C1.[Na+].[Na+]. The van der Waals surface area contributed by atoms with Gasteiger partial charge in [0.2, 0.25) is 20.0 Å². The van der Waals surface area contributed by atoms with Crippen molar-refractivity contribution in [3.8, 4) is 6.07 Å². The number of aromatic nitrogens is 2. The first-order chi connectivity index (χ1) is 32.8. The van der Waals surface area contributed by atoms with Gasteiger partial charge in [-0.1, -0.05) is 81.0 Å². The van der Waals surface area contributed by atoms with E-state index in [0.29, 0.717) is 47.4 Å². The van der Waals surface area contributed by atoms with Crippen molar-refractivity contribution >= 4 is 63.0 Å². The molecule has 0 bridgehead atoms. The summed E-state index contributed by atoms with van der Waals surface area (Å²) in [6.07, 6.45) is 3.73. The Morgan fingerprint density at radius 2 is 1.36 bits per heavy atom. The molecule has 20 nitrogen and oxygen atoms in total. The minimum absolute atomic E-state index is 0. The van der Waals surface area contributed by atoms with Crippen molar-refractivity contribution in [3.05, 3.63) is 11.3 Å². The molecule has 0 aromatic carbocycles. The van der Waals surface area contributed by atoms with Crippen molar-refractivity contribution in [1.29, 1.82) is 5.26 Å². The van der Waals surface area contributed by atoms with Crippen LogP contribution in [0.4, 0.5) is 5.82 Å². The van der Waals surface area contributed by atoms with Crippen LogP contribution in [0.15, 0.2) is 15.2 Å². The van der Waals surface area contributed by atoms with Crippen molar-refractivity contribution in [2.45, 2.75) is 209 Å². The average Bonchev–Trinajstić information content (AvgIpc) is 3.83. The molecule has 4 aliphatic carbocycles. The summed E-state index contributed by atoms with van der Waals surface area (Å²) in [6, 6.07) is -0.209. The number of aliphatic imine (C=N–C) groups is 1. The number of hydrogen-bond donors (Lipinski definition) is 3. The minimum atomic E-state index is -5.05. The van der Waals surface area contributed by atoms with Crippen LogP contribution in [0.1, 0.15) is 151 Å². The van der Waals surface area contributed by atoms with E-state index in [2.05, 4.69) is 69.9 Å². The van der Waals surface area contributed by atoms with Crippen LogP contribution in [0, 0.1) is 52.8 Å². The molecular weight excluding hydrogens is 1060 g/mol. The van der Waals surface area contributed by atoms with E-state index in [1.807, 2.05) is 20.8 Å². The fourth-order valence-electron chi connectivity index (χ4n) is 13.4. The Labute approximate surface area is 484 Å². The summed E-state index contributed by atoms with van der Waals surface area (Å²) in [6.45, 7) is 21.2. The van der Waals surface area contributed by atoms with Crippen LogP contribution < -0.4 is 74.5 Å². The maximum Gasteiger partial charge on any atom is 1.00 e. The molecule has 27 heteroatoms. The van der Waals surface area contributed by atoms with Crippen LogP contribution in [0.2, 0.25) is 0 Å². The number of nitrogens with one attached hydrogen (secondary N) is 3. The molecule has 6 aliphatic rings. The zero-order valence-corrected chi connectivity index (χ0v) is 53.0. The summed E-state index contributed by atoms with van der Waals surface area (Å²) in [7, 11) is -18.0. The maximum atomic E-state index is 14.0. The number of hydrogen-bond acceptors (Lipinski definition) is 18. The zero-order valence-electron chi connectivity index (χ0n) is 44.9. The van der Waals surface area contributed by atoms with Crippen molar-refractivity contribution in [3.63, 3.8) is 0 Å². The van der Waals surface area contributed by atoms with E-state index < -0.39 is 104 Å². The van der Waals surface area contributed by atoms with Crippen LogP contribution in [-0.2, 0) is 45.7 Å². The number of azo groups is 1. The van der Waals surface area contributed by atoms with Gasteiger partial charge in [-0.15, -0.1) is 5.11 Å². The minimum Gasteiger partial charge on any atom is -0.748 e. The molecule has 0 radical (unpaired) electrons. The fourth-order valence-corrected chi connectivity index (χ4v) is 20.1. The van der Waals surface area contributed by atoms with E-state index in [4.69, 9.17) is 20.3 Å². The second kappa shape index (κ2) is 24.3. The Morgan fingerprint density at radius 3 is 1.89 bits per heavy atom. The first-order valence-corrected chi connectivity index (χ1v) is 32.6. The molecule has 7 rings (SSSR count). The van der Waals surface area contributed by atoms with Gasteiger partial charge < -0.3 is 9.11 Å². The molecule has 4 saturated carbocycles. The van der Waals surface area contributed by atoms with E-state index in [0.717, 1.165) is 25.7 Å². The van der Waals surface area contributed by atoms with E-state index in [1.165, 1.54) is 22.7 Å². The molecule has 402 valence electrons. The molecule has 1 saturated heterocycles. The van der Waals surface area contributed by atoms with Crippen LogP contribution in [0.25, 0.3) is 0 Å². The van der Waals surface area contributed by atoms with Crippen LogP contribution in [-0.4, -0.2) is 132 Å². The number of thioether (sulfide) groups is 1. The van der Waals surface area contributed by atoms with Crippen molar-refractivity contribution < 1.29 is 102 Å². The summed E-state index contributed by atoms with van der Waals surface area (Å²) in [5, 5.41) is 29.1. The first-order valence-electron chi connectivity index (χ1n) is 25.4. The molecule has 3 heterocycles. The van der Waals surface area contributed by atoms with Gasteiger partial charge >= 0.3 is 59.1 Å². The monoisotopic (exact) mass is 1130 g/mol. The molecule has 0 amide bonds. The Morgan fingerprint density at radius 1 is 0.781 bits per heavy atom. The fraction of sp³-hybridized carbons (Fsp3) is 0.891. The standard InChI is InChI=1S/C46H78N10O10S5.2Na/c1-24-16-26(3)39(27(4)17-24)50-43-40(28(5)20-38(49-43)56(68(11,57)58)41-29(6)18-25(2)19-30(41)7)51-52-44-33(23-47)42(46(8,9)10)53-55(44)45-48-34-14-12-31(22-36(34)67-45)69(59,60)54-35-21-32(70(61,62)63)13-15-37(35)71(64,65)66;;/h24-32,34-41,43,49-50,54H,12-22H2,1-11H3,(H,61,62,63)(H,64,65,66);;/q;2*+1/p-2. The van der Waals surface area contributed by atoms with Gasteiger partial charge in [0.1, 0.15) is 17.7 Å². The van der Waals surface area contributed by atoms with Gasteiger partial charge in [0.15, 0.2) is 11.0 Å². The summed E-state index contributed by atoms with van der Waals surface area (Å²) >= 11 is 1.28. The molecule has 2 aliphatic heterocycles. The van der Waals surface area contributed by atoms with Gasteiger partial charge in [0, 0.05) is 28.8 Å².